The highest BCUT2D eigenvalue weighted by atomic mass is 16.5. The van der Waals surface area contributed by atoms with Crippen molar-refractivity contribution in [3.8, 4) is 0 Å². The summed E-state index contributed by atoms with van der Waals surface area (Å²) in [5.74, 6) is -2.57. The highest BCUT2D eigenvalue weighted by Crippen LogP contribution is 2.44. The second kappa shape index (κ2) is 7.07. The van der Waals surface area contributed by atoms with E-state index in [0.29, 0.717) is 12.8 Å². The molecule has 2 atom stereocenters. The van der Waals surface area contributed by atoms with Gasteiger partial charge < -0.3 is 15.2 Å². The van der Waals surface area contributed by atoms with E-state index >= 15 is 0 Å². The van der Waals surface area contributed by atoms with E-state index in [1.165, 1.54) is 7.05 Å². The Hall–Kier alpha value is -1.85. The van der Waals surface area contributed by atoms with E-state index in [1.807, 2.05) is 0 Å². The van der Waals surface area contributed by atoms with Gasteiger partial charge in [0.1, 0.15) is 0 Å². The monoisotopic (exact) mass is 283 g/mol. The van der Waals surface area contributed by atoms with Crippen LogP contribution in [0.5, 0.6) is 0 Å². The number of carboxylic acids is 1. The summed E-state index contributed by atoms with van der Waals surface area (Å²) in [4.78, 5) is 34.7. The smallest absolute Gasteiger partial charge is 0.330 e. The molecule has 1 fully saturated rings. The van der Waals surface area contributed by atoms with Gasteiger partial charge >= 0.3 is 11.9 Å². The van der Waals surface area contributed by atoms with Gasteiger partial charge in [-0.05, 0) is 19.3 Å². The van der Waals surface area contributed by atoms with Crippen LogP contribution < -0.4 is 5.32 Å². The summed E-state index contributed by atoms with van der Waals surface area (Å²) in [6, 6.07) is 0. The summed E-state index contributed by atoms with van der Waals surface area (Å²) in [5.41, 5.74) is -1.000. The van der Waals surface area contributed by atoms with Gasteiger partial charge in [-0.15, -0.1) is 0 Å². The zero-order valence-corrected chi connectivity index (χ0v) is 11.7. The predicted molar refractivity (Wildman–Crippen MR) is 71.9 cm³/mol. The highest BCUT2D eigenvalue weighted by molar-refractivity contribution is 5.88. The van der Waals surface area contributed by atoms with Gasteiger partial charge in [0, 0.05) is 13.1 Å². The van der Waals surface area contributed by atoms with E-state index in [1.54, 1.807) is 0 Å². The van der Waals surface area contributed by atoms with Crippen molar-refractivity contribution in [3.63, 3.8) is 0 Å². The van der Waals surface area contributed by atoms with Crippen LogP contribution in [0.15, 0.2) is 12.7 Å². The molecule has 0 radical (unpaired) electrons. The van der Waals surface area contributed by atoms with E-state index < -0.39 is 23.3 Å². The number of carboxylic acid groups (broad SMARTS) is 1. The van der Waals surface area contributed by atoms with Crippen molar-refractivity contribution in [2.45, 2.75) is 32.1 Å². The van der Waals surface area contributed by atoms with Gasteiger partial charge in [0.05, 0.1) is 17.9 Å². The van der Waals surface area contributed by atoms with E-state index in [4.69, 9.17) is 4.74 Å². The molecule has 0 aromatic rings. The number of hydrogen-bond donors (Lipinski definition) is 2. The summed E-state index contributed by atoms with van der Waals surface area (Å²) < 4.78 is 4.91. The fourth-order valence-corrected chi connectivity index (χ4v) is 2.93. The van der Waals surface area contributed by atoms with Crippen LogP contribution in [0, 0.1) is 11.3 Å². The number of carbonyl (C=O) groups is 3. The van der Waals surface area contributed by atoms with Gasteiger partial charge in [-0.1, -0.05) is 19.4 Å². The Morgan fingerprint density at radius 2 is 2.15 bits per heavy atom. The van der Waals surface area contributed by atoms with Gasteiger partial charge in [0.25, 0.3) is 0 Å². The normalized spacial score (nSPS) is 25.6. The quantitative estimate of drug-likeness (QED) is 0.562. The SMILES string of the molecule is C=CC(=O)OCCC1(C(=O)NC)CCCCC1C(=O)O. The van der Waals surface area contributed by atoms with Gasteiger partial charge in [-0.2, -0.15) is 0 Å². The van der Waals surface area contributed by atoms with Gasteiger partial charge in [0.15, 0.2) is 0 Å². The summed E-state index contributed by atoms with van der Waals surface area (Å²) in [7, 11) is 1.49. The van der Waals surface area contributed by atoms with Crippen molar-refractivity contribution in [1.82, 2.24) is 5.32 Å². The van der Waals surface area contributed by atoms with Crippen molar-refractivity contribution in [2.75, 3.05) is 13.7 Å². The van der Waals surface area contributed by atoms with Crippen molar-refractivity contribution in [1.29, 1.82) is 0 Å². The number of esters is 1. The molecule has 0 saturated heterocycles. The average molecular weight is 283 g/mol. The molecule has 0 bridgehead atoms. The Morgan fingerprint density at radius 1 is 1.45 bits per heavy atom. The minimum atomic E-state index is -1.000. The summed E-state index contributed by atoms with van der Waals surface area (Å²) in [5, 5.41) is 11.9. The maximum Gasteiger partial charge on any atom is 0.330 e. The van der Waals surface area contributed by atoms with E-state index in [9.17, 15) is 19.5 Å². The molecule has 20 heavy (non-hydrogen) atoms. The van der Waals surface area contributed by atoms with Crippen molar-refractivity contribution < 1.29 is 24.2 Å². The third-order valence-corrected chi connectivity index (χ3v) is 3.97. The molecule has 0 aliphatic heterocycles. The second-order valence-corrected chi connectivity index (χ2v) is 4.99. The topological polar surface area (TPSA) is 92.7 Å². The zero-order valence-electron chi connectivity index (χ0n) is 11.7. The van der Waals surface area contributed by atoms with Crippen molar-refractivity contribution >= 4 is 17.8 Å². The van der Waals surface area contributed by atoms with Gasteiger partial charge in [-0.3, -0.25) is 9.59 Å². The van der Waals surface area contributed by atoms with E-state index in [2.05, 4.69) is 11.9 Å². The Balaban J connectivity index is 2.89. The van der Waals surface area contributed by atoms with Crippen molar-refractivity contribution in [2.24, 2.45) is 11.3 Å². The minimum absolute atomic E-state index is 0.0159. The lowest BCUT2D eigenvalue weighted by molar-refractivity contribution is -0.158. The maximum atomic E-state index is 12.2. The summed E-state index contributed by atoms with van der Waals surface area (Å²) in [6.07, 6.45) is 3.81. The lowest BCUT2D eigenvalue weighted by atomic mass is 9.64. The van der Waals surface area contributed by atoms with Crippen molar-refractivity contribution in [3.05, 3.63) is 12.7 Å². The molecular formula is C14H21NO5. The van der Waals surface area contributed by atoms with Crippen LogP contribution in [0.4, 0.5) is 0 Å². The zero-order chi connectivity index (χ0) is 15.2. The lowest BCUT2D eigenvalue weighted by Crippen LogP contribution is -2.50. The first-order valence-electron chi connectivity index (χ1n) is 6.72. The number of rotatable bonds is 6. The molecule has 112 valence electrons. The van der Waals surface area contributed by atoms with E-state index in [-0.39, 0.29) is 18.9 Å². The number of ether oxygens (including phenoxy) is 1. The largest absolute Gasteiger partial charge is 0.481 e. The fraction of sp³-hybridized carbons (Fsp3) is 0.643. The number of nitrogens with one attached hydrogen (secondary N) is 1. The van der Waals surface area contributed by atoms with Crippen LogP contribution in [0.2, 0.25) is 0 Å². The standard InChI is InChI=1S/C14H21NO5/c1-3-11(16)20-9-8-14(13(19)15-2)7-5-4-6-10(14)12(17)18/h3,10H,1,4-9H2,2H3,(H,15,19)(H,17,18). The van der Waals surface area contributed by atoms with Crippen LogP contribution in [0.1, 0.15) is 32.1 Å². The molecule has 1 aliphatic carbocycles. The molecule has 0 spiro atoms. The molecule has 2 N–H and O–H groups in total. The molecule has 0 heterocycles. The first kappa shape index (κ1) is 16.2. The van der Waals surface area contributed by atoms with Crippen LogP contribution in [0.3, 0.4) is 0 Å². The number of amides is 1. The first-order chi connectivity index (χ1) is 9.47. The average Bonchev–Trinajstić information content (AvgIpc) is 2.46. The Kier molecular flexibility index (Phi) is 5.73. The van der Waals surface area contributed by atoms with Crippen LogP contribution in [-0.4, -0.2) is 36.6 Å². The molecule has 2 unspecified atom stereocenters. The lowest BCUT2D eigenvalue weighted by Gasteiger charge is -2.40. The molecule has 1 amide bonds. The third kappa shape index (κ3) is 3.37. The second-order valence-electron chi connectivity index (χ2n) is 4.99. The first-order valence-corrected chi connectivity index (χ1v) is 6.72. The maximum absolute atomic E-state index is 12.2. The fourth-order valence-electron chi connectivity index (χ4n) is 2.93. The van der Waals surface area contributed by atoms with Gasteiger partial charge in [0.2, 0.25) is 5.91 Å². The number of aliphatic carboxylic acids is 1. The Morgan fingerprint density at radius 3 is 2.70 bits per heavy atom. The Bertz CT molecular complexity index is 406. The molecule has 6 heteroatoms. The third-order valence-electron chi connectivity index (χ3n) is 3.97. The summed E-state index contributed by atoms with van der Waals surface area (Å²) in [6.45, 7) is 3.31. The highest BCUT2D eigenvalue weighted by Gasteiger charge is 2.49. The minimum Gasteiger partial charge on any atom is -0.481 e. The molecule has 1 rings (SSSR count). The predicted octanol–water partition coefficient (Wildman–Crippen LogP) is 1.11. The number of hydrogen-bond acceptors (Lipinski definition) is 4. The van der Waals surface area contributed by atoms with E-state index in [0.717, 1.165) is 18.9 Å². The molecule has 1 saturated carbocycles. The molecule has 1 aliphatic rings. The van der Waals surface area contributed by atoms with Gasteiger partial charge in [-0.25, -0.2) is 4.79 Å². The molecule has 6 nitrogen and oxygen atoms in total. The van der Waals surface area contributed by atoms with Crippen LogP contribution >= 0.6 is 0 Å². The Labute approximate surface area is 118 Å². The van der Waals surface area contributed by atoms with Crippen LogP contribution in [0.25, 0.3) is 0 Å². The number of carbonyl (C=O) groups excluding carboxylic acids is 2. The van der Waals surface area contributed by atoms with Crippen LogP contribution in [-0.2, 0) is 19.1 Å². The molecular weight excluding hydrogens is 262 g/mol. The molecule has 0 aromatic carbocycles. The molecule has 0 aromatic heterocycles. The summed E-state index contributed by atoms with van der Waals surface area (Å²) >= 11 is 0.